The van der Waals surface area contributed by atoms with E-state index in [-0.39, 0.29) is 0 Å². The minimum Gasteiger partial charge on any atom is -0.502 e. The Labute approximate surface area is 70.4 Å². The first-order chi connectivity index (χ1) is 5.41. The summed E-state index contributed by atoms with van der Waals surface area (Å²) >= 11 is 0. The zero-order chi connectivity index (χ0) is 10.1. The summed E-state index contributed by atoms with van der Waals surface area (Å²) in [6.45, 7) is 1.75. The van der Waals surface area contributed by atoms with Crippen LogP contribution in [0.25, 0.3) is 0 Å². The van der Waals surface area contributed by atoms with E-state index in [9.17, 15) is 4.79 Å². The molecular formula is C5H11O6P. The molecule has 0 aromatic heterocycles. The molecule has 0 aromatic carbocycles. The number of rotatable bonds is 2. The highest BCUT2D eigenvalue weighted by molar-refractivity contribution is 7.38. The van der Waals surface area contributed by atoms with Gasteiger partial charge in [0.15, 0.2) is 5.76 Å². The van der Waals surface area contributed by atoms with Crippen molar-refractivity contribution in [1.29, 1.82) is 0 Å². The molecule has 0 spiro atoms. The maximum atomic E-state index is 9.77. The fourth-order valence-corrected chi connectivity index (χ4v) is 0.281. The molecule has 0 heterocycles. The van der Waals surface area contributed by atoms with E-state index < -0.39 is 20.3 Å². The maximum absolute atomic E-state index is 9.77. The van der Waals surface area contributed by atoms with Crippen molar-refractivity contribution in [2.75, 3.05) is 0 Å². The van der Waals surface area contributed by atoms with Gasteiger partial charge in [0.1, 0.15) is 0 Å². The van der Waals surface area contributed by atoms with E-state index in [2.05, 4.69) is 0 Å². The number of hydrogen-bond acceptors (Lipinski definition) is 5. The molecule has 6 nitrogen and oxygen atoms in total. The second-order valence-electron chi connectivity index (χ2n) is 1.57. The van der Waals surface area contributed by atoms with Crippen LogP contribution in [0.5, 0.6) is 0 Å². The van der Waals surface area contributed by atoms with Gasteiger partial charge in [-0.2, -0.15) is 0 Å². The molecule has 0 atom stereocenters. The van der Waals surface area contributed by atoms with Crippen LogP contribution in [0, 0.1) is 0 Å². The lowest BCUT2D eigenvalue weighted by Gasteiger charge is -1.86. The smallest absolute Gasteiger partial charge is 0.370 e. The molecule has 0 bridgehead atoms. The summed E-state index contributed by atoms with van der Waals surface area (Å²) in [6, 6.07) is 0. The lowest BCUT2D eigenvalue weighted by atomic mass is 10.4. The highest BCUT2D eigenvalue weighted by Crippen LogP contribution is 2.11. The van der Waals surface area contributed by atoms with Gasteiger partial charge < -0.3 is 24.9 Å². The van der Waals surface area contributed by atoms with Crippen molar-refractivity contribution < 1.29 is 29.7 Å². The van der Waals surface area contributed by atoms with E-state index >= 15 is 0 Å². The first kappa shape index (κ1) is 13.9. The molecule has 0 amide bonds. The molecule has 5 N–H and O–H groups in total. The Kier molecular flexibility index (Phi) is 9.74. The summed E-state index contributed by atoms with van der Waals surface area (Å²) in [5, 5.41) is 16.4. The zero-order valence-corrected chi connectivity index (χ0v) is 7.27. The third-order valence-corrected chi connectivity index (χ3v) is 0.617. The highest BCUT2D eigenvalue weighted by atomic mass is 31.2. The molecule has 0 saturated carbocycles. The lowest BCUT2D eigenvalue weighted by Crippen LogP contribution is -1.97. The normalized spacial score (nSPS) is 10.6. The first-order valence-corrected chi connectivity index (χ1v) is 4.11. The van der Waals surface area contributed by atoms with Crippen molar-refractivity contribution in [2.45, 2.75) is 13.3 Å². The lowest BCUT2D eigenvalue weighted by molar-refractivity contribution is -0.135. The number of carbonyl (C=O) groups is 1. The van der Waals surface area contributed by atoms with Crippen molar-refractivity contribution in [3.63, 3.8) is 0 Å². The second kappa shape index (κ2) is 8.42. The minimum absolute atomic E-state index is 0.540. The molecule has 0 rings (SSSR count). The predicted molar refractivity (Wildman–Crippen MR) is 42.2 cm³/mol. The van der Waals surface area contributed by atoms with Crippen LogP contribution in [0.4, 0.5) is 0 Å². The summed E-state index contributed by atoms with van der Waals surface area (Å²) in [4.78, 5) is 31.5. The maximum Gasteiger partial charge on any atom is 0.370 e. The van der Waals surface area contributed by atoms with Crippen molar-refractivity contribution in [2.24, 2.45) is 0 Å². The zero-order valence-electron chi connectivity index (χ0n) is 6.38. The second-order valence-corrected chi connectivity index (χ2v) is 2.11. The average Bonchev–Trinajstić information content (AvgIpc) is 1.86. The predicted octanol–water partition coefficient (Wildman–Crippen LogP) is 0.113. The van der Waals surface area contributed by atoms with Crippen LogP contribution in [0.1, 0.15) is 13.3 Å². The van der Waals surface area contributed by atoms with Crippen molar-refractivity contribution in [1.82, 2.24) is 0 Å². The average molecular weight is 198 g/mol. The van der Waals surface area contributed by atoms with Crippen molar-refractivity contribution >= 4 is 14.6 Å². The standard InChI is InChI=1S/C5H8O3.H3O3P/c1-2-3-4(6)5(7)8;1-4(2)3/h3,6H,2H2,1H3,(H,7,8);1-3H/b4-3-;. The summed E-state index contributed by atoms with van der Waals surface area (Å²) < 4.78 is 0. The summed E-state index contributed by atoms with van der Waals surface area (Å²) in [5.74, 6) is -1.85. The number of aliphatic carboxylic acids is 1. The Balaban J connectivity index is 0. The van der Waals surface area contributed by atoms with E-state index in [0.717, 1.165) is 0 Å². The van der Waals surface area contributed by atoms with Gasteiger partial charge in [0.2, 0.25) is 0 Å². The van der Waals surface area contributed by atoms with Gasteiger partial charge in [-0.1, -0.05) is 6.92 Å². The van der Waals surface area contributed by atoms with Crippen LogP contribution in [-0.2, 0) is 4.79 Å². The fourth-order valence-electron chi connectivity index (χ4n) is 0.281. The van der Waals surface area contributed by atoms with Gasteiger partial charge in [-0.25, -0.2) is 4.79 Å². The van der Waals surface area contributed by atoms with Gasteiger partial charge in [-0.3, -0.25) is 0 Å². The number of allylic oxidation sites excluding steroid dienone is 1. The van der Waals surface area contributed by atoms with Crippen LogP contribution in [0.15, 0.2) is 11.8 Å². The van der Waals surface area contributed by atoms with Crippen LogP contribution in [0.3, 0.4) is 0 Å². The Bertz CT molecular complexity index is 151. The SMILES string of the molecule is CC/C=C(\O)C(=O)O.OP(O)O. The third-order valence-electron chi connectivity index (χ3n) is 0.617. The number of hydrogen-bond donors (Lipinski definition) is 5. The van der Waals surface area contributed by atoms with Gasteiger partial charge in [0, 0.05) is 0 Å². The van der Waals surface area contributed by atoms with Gasteiger partial charge in [-0.05, 0) is 12.5 Å². The largest absolute Gasteiger partial charge is 0.502 e. The molecule has 0 aliphatic carbocycles. The highest BCUT2D eigenvalue weighted by Gasteiger charge is 1.99. The molecule has 0 aromatic rings. The summed E-state index contributed by atoms with van der Waals surface area (Å²) in [6.07, 6.45) is 1.78. The van der Waals surface area contributed by atoms with E-state index in [1.165, 1.54) is 6.08 Å². The molecule has 12 heavy (non-hydrogen) atoms. The van der Waals surface area contributed by atoms with Crippen molar-refractivity contribution in [3.8, 4) is 0 Å². The molecule has 0 aliphatic rings. The molecule has 0 aliphatic heterocycles. The van der Waals surface area contributed by atoms with Crippen LogP contribution in [-0.4, -0.2) is 30.9 Å². The molecule has 72 valence electrons. The van der Waals surface area contributed by atoms with Crippen LogP contribution < -0.4 is 0 Å². The van der Waals surface area contributed by atoms with Gasteiger partial charge in [-0.15, -0.1) is 0 Å². The number of aliphatic hydroxyl groups excluding tert-OH is 1. The fraction of sp³-hybridized carbons (Fsp3) is 0.400. The van der Waals surface area contributed by atoms with E-state index in [4.69, 9.17) is 24.9 Å². The number of carboxylic acids is 1. The van der Waals surface area contributed by atoms with Gasteiger partial charge in [0.25, 0.3) is 0 Å². The minimum atomic E-state index is -2.62. The third kappa shape index (κ3) is 16.2. The Morgan fingerprint density at radius 3 is 1.75 bits per heavy atom. The van der Waals surface area contributed by atoms with E-state index in [1.54, 1.807) is 6.92 Å². The number of aliphatic hydroxyl groups is 1. The molecule has 0 unspecified atom stereocenters. The first-order valence-electron chi connectivity index (χ1n) is 2.91. The Hall–Kier alpha value is -0.680. The van der Waals surface area contributed by atoms with Crippen LogP contribution >= 0.6 is 8.60 Å². The molecular weight excluding hydrogens is 187 g/mol. The molecule has 7 heteroatoms. The molecule has 0 saturated heterocycles. The van der Waals surface area contributed by atoms with Gasteiger partial charge >= 0.3 is 14.6 Å². The summed E-state index contributed by atoms with van der Waals surface area (Å²) in [7, 11) is -2.62. The Morgan fingerprint density at radius 2 is 1.67 bits per heavy atom. The van der Waals surface area contributed by atoms with Crippen LogP contribution in [0.2, 0.25) is 0 Å². The quantitative estimate of drug-likeness (QED) is 0.244. The van der Waals surface area contributed by atoms with Gasteiger partial charge in [0.05, 0.1) is 0 Å². The van der Waals surface area contributed by atoms with E-state index in [0.29, 0.717) is 6.42 Å². The monoisotopic (exact) mass is 198 g/mol. The number of carboxylic acid groups (broad SMARTS) is 1. The molecule has 0 fully saturated rings. The van der Waals surface area contributed by atoms with Crippen molar-refractivity contribution in [3.05, 3.63) is 11.8 Å². The topological polar surface area (TPSA) is 118 Å². The molecule has 0 radical (unpaired) electrons. The Morgan fingerprint density at radius 1 is 1.33 bits per heavy atom. The summed E-state index contributed by atoms with van der Waals surface area (Å²) in [5.41, 5.74) is 0. The van der Waals surface area contributed by atoms with E-state index in [1.807, 2.05) is 0 Å².